The highest BCUT2D eigenvalue weighted by molar-refractivity contribution is 5.77. The van der Waals surface area contributed by atoms with Gasteiger partial charge in [0.1, 0.15) is 17.4 Å². The van der Waals surface area contributed by atoms with Gasteiger partial charge >= 0.3 is 0 Å². The van der Waals surface area contributed by atoms with E-state index in [1.165, 1.54) is 6.07 Å². The minimum absolute atomic E-state index is 0.156. The molecule has 70 valence electrons. The summed E-state index contributed by atoms with van der Waals surface area (Å²) in [5.74, 6) is -0.942. The summed E-state index contributed by atoms with van der Waals surface area (Å²) in [6.45, 7) is 0. The van der Waals surface area contributed by atoms with Crippen molar-refractivity contribution in [3.63, 3.8) is 0 Å². The average Bonchev–Trinajstić information content (AvgIpc) is 2.16. The van der Waals surface area contributed by atoms with Crippen molar-refractivity contribution in [3.8, 4) is 6.07 Å². The number of nitriles is 1. The lowest BCUT2D eigenvalue weighted by Gasteiger charge is -1.97. The number of hydrogen-bond donors (Lipinski definition) is 0. The molecule has 0 radical (unpaired) electrons. The van der Waals surface area contributed by atoms with Crippen LogP contribution in [0.4, 0.5) is 10.1 Å². The highest BCUT2D eigenvalue weighted by Crippen LogP contribution is 2.21. The maximum absolute atomic E-state index is 12.9. The topological polar surface area (TPSA) is 84.0 Å². The Balaban J connectivity index is 3.49. The van der Waals surface area contributed by atoms with Gasteiger partial charge in [-0.05, 0) is 6.07 Å². The number of nitro benzene ring substituents is 1. The second kappa shape index (κ2) is 3.62. The van der Waals surface area contributed by atoms with E-state index in [1.807, 2.05) is 0 Å². The third-order valence-corrected chi connectivity index (χ3v) is 1.56. The molecule has 0 aliphatic rings. The van der Waals surface area contributed by atoms with Crippen LogP contribution in [0.15, 0.2) is 12.1 Å². The predicted molar refractivity (Wildman–Crippen MR) is 43.2 cm³/mol. The van der Waals surface area contributed by atoms with Crippen LogP contribution in [-0.4, -0.2) is 11.2 Å². The monoisotopic (exact) mass is 194 g/mol. The number of benzene rings is 1. The molecule has 0 aliphatic carbocycles. The predicted octanol–water partition coefficient (Wildman–Crippen LogP) is 1.42. The van der Waals surface area contributed by atoms with Crippen LogP contribution < -0.4 is 0 Å². The Morgan fingerprint density at radius 2 is 2.21 bits per heavy atom. The summed E-state index contributed by atoms with van der Waals surface area (Å²) in [5.41, 5.74) is -1.41. The van der Waals surface area contributed by atoms with Crippen LogP contribution in [0.5, 0.6) is 0 Å². The minimum Gasteiger partial charge on any atom is -0.298 e. The van der Waals surface area contributed by atoms with Crippen LogP contribution in [-0.2, 0) is 0 Å². The molecule has 0 aliphatic heterocycles. The van der Waals surface area contributed by atoms with E-state index in [4.69, 9.17) is 5.26 Å². The summed E-state index contributed by atoms with van der Waals surface area (Å²) in [6.07, 6.45) is 0.156. The summed E-state index contributed by atoms with van der Waals surface area (Å²) >= 11 is 0. The summed E-state index contributed by atoms with van der Waals surface area (Å²) in [6, 6.07) is 2.88. The maximum Gasteiger partial charge on any atom is 0.288 e. The van der Waals surface area contributed by atoms with Crippen LogP contribution >= 0.6 is 0 Å². The molecule has 0 saturated heterocycles. The fourth-order valence-corrected chi connectivity index (χ4v) is 0.909. The van der Waals surface area contributed by atoms with Gasteiger partial charge in [0.2, 0.25) is 0 Å². The molecule has 1 rings (SSSR count). The molecular formula is C8H3FN2O3. The minimum atomic E-state index is -0.942. The number of nitro groups is 1. The van der Waals surface area contributed by atoms with Crippen molar-refractivity contribution in [3.05, 3.63) is 39.2 Å². The van der Waals surface area contributed by atoms with Crippen molar-refractivity contribution < 1.29 is 14.1 Å². The second-order valence-electron chi connectivity index (χ2n) is 2.38. The first-order valence-electron chi connectivity index (χ1n) is 3.43. The first kappa shape index (κ1) is 9.80. The first-order chi connectivity index (χ1) is 6.60. The number of aldehydes is 1. The molecule has 1 aromatic carbocycles. The summed E-state index contributed by atoms with van der Waals surface area (Å²) < 4.78 is 12.9. The van der Waals surface area contributed by atoms with E-state index in [0.29, 0.717) is 6.07 Å². The number of halogens is 1. The number of rotatable bonds is 2. The van der Waals surface area contributed by atoms with Gasteiger partial charge in [0.05, 0.1) is 10.5 Å². The molecule has 0 atom stereocenters. The van der Waals surface area contributed by atoms with Gasteiger partial charge in [0.25, 0.3) is 5.69 Å². The molecule has 0 heterocycles. The van der Waals surface area contributed by atoms with Gasteiger partial charge in [-0.2, -0.15) is 5.26 Å². The van der Waals surface area contributed by atoms with Crippen molar-refractivity contribution in [2.45, 2.75) is 0 Å². The van der Waals surface area contributed by atoms with Crippen molar-refractivity contribution >= 4 is 12.0 Å². The Morgan fingerprint density at radius 1 is 1.57 bits per heavy atom. The number of carbonyl (C=O) groups excluding carboxylic acids is 1. The fourth-order valence-electron chi connectivity index (χ4n) is 0.909. The highest BCUT2D eigenvalue weighted by Gasteiger charge is 2.17. The van der Waals surface area contributed by atoms with Crippen molar-refractivity contribution in [2.75, 3.05) is 0 Å². The van der Waals surface area contributed by atoms with Crippen molar-refractivity contribution in [1.82, 2.24) is 0 Å². The average molecular weight is 194 g/mol. The molecule has 0 N–H and O–H groups in total. The number of hydrogen-bond acceptors (Lipinski definition) is 4. The lowest BCUT2D eigenvalue weighted by Crippen LogP contribution is -1.97. The Labute approximate surface area is 77.5 Å². The number of nitrogens with zero attached hydrogens (tertiary/aromatic N) is 2. The van der Waals surface area contributed by atoms with Crippen LogP contribution in [0.2, 0.25) is 0 Å². The lowest BCUT2D eigenvalue weighted by atomic mass is 10.1. The Morgan fingerprint density at radius 3 is 2.64 bits per heavy atom. The maximum atomic E-state index is 12.9. The molecule has 6 heteroatoms. The van der Waals surface area contributed by atoms with Crippen LogP contribution in [0, 0.1) is 27.3 Å². The second-order valence-corrected chi connectivity index (χ2v) is 2.38. The largest absolute Gasteiger partial charge is 0.298 e. The molecule has 0 spiro atoms. The van der Waals surface area contributed by atoms with E-state index >= 15 is 0 Å². The summed E-state index contributed by atoms with van der Waals surface area (Å²) in [5, 5.41) is 18.8. The lowest BCUT2D eigenvalue weighted by molar-refractivity contribution is -0.385. The Kier molecular flexibility index (Phi) is 2.53. The molecule has 0 bridgehead atoms. The van der Waals surface area contributed by atoms with E-state index in [9.17, 15) is 19.3 Å². The van der Waals surface area contributed by atoms with Gasteiger partial charge in [0.15, 0.2) is 6.29 Å². The summed E-state index contributed by atoms with van der Waals surface area (Å²) in [4.78, 5) is 19.8. The SMILES string of the molecule is N#Cc1cc(F)c(C=O)cc1[N+](=O)[O-]. The van der Waals surface area contributed by atoms with Crippen LogP contribution in [0.1, 0.15) is 15.9 Å². The molecule has 0 amide bonds. The van der Waals surface area contributed by atoms with Gasteiger partial charge in [-0.15, -0.1) is 0 Å². The molecule has 1 aromatic rings. The van der Waals surface area contributed by atoms with E-state index in [-0.39, 0.29) is 6.29 Å². The number of carbonyl (C=O) groups is 1. The van der Waals surface area contributed by atoms with Gasteiger partial charge in [-0.3, -0.25) is 14.9 Å². The van der Waals surface area contributed by atoms with Crippen molar-refractivity contribution in [2.24, 2.45) is 0 Å². The summed E-state index contributed by atoms with van der Waals surface area (Å²) in [7, 11) is 0. The normalized spacial score (nSPS) is 9.14. The third-order valence-electron chi connectivity index (χ3n) is 1.56. The third kappa shape index (κ3) is 1.56. The van der Waals surface area contributed by atoms with Crippen LogP contribution in [0.3, 0.4) is 0 Å². The first-order valence-corrected chi connectivity index (χ1v) is 3.43. The smallest absolute Gasteiger partial charge is 0.288 e. The molecule has 0 unspecified atom stereocenters. The Bertz CT molecular complexity index is 451. The van der Waals surface area contributed by atoms with E-state index in [0.717, 1.165) is 6.07 Å². The van der Waals surface area contributed by atoms with Gasteiger partial charge in [-0.1, -0.05) is 0 Å². The van der Waals surface area contributed by atoms with Gasteiger partial charge in [-0.25, -0.2) is 4.39 Å². The highest BCUT2D eigenvalue weighted by atomic mass is 19.1. The Hall–Kier alpha value is -2.29. The molecular weight excluding hydrogens is 191 g/mol. The molecule has 0 saturated carbocycles. The molecule has 14 heavy (non-hydrogen) atoms. The molecule has 5 nitrogen and oxygen atoms in total. The van der Waals surface area contributed by atoms with Crippen molar-refractivity contribution in [1.29, 1.82) is 5.26 Å². The van der Waals surface area contributed by atoms with E-state index in [1.54, 1.807) is 0 Å². The van der Waals surface area contributed by atoms with E-state index in [2.05, 4.69) is 0 Å². The zero-order chi connectivity index (χ0) is 10.7. The fraction of sp³-hybridized carbons (Fsp3) is 0. The standard InChI is InChI=1S/C8H3FN2O3/c9-7-1-5(3-10)8(11(13)14)2-6(7)4-12/h1-2,4H. The molecule has 0 aromatic heterocycles. The van der Waals surface area contributed by atoms with Gasteiger partial charge in [0, 0.05) is 6.07 Å². The zero-order valence-electron chi connectivity index (χ0n) is 6.73. The van der Waals surface area contributed by atoms with E-state index < -0.39 is 27.6 Å². The molecule has 0 fully saturated rings. The zero-order valence-corrected chi connectivity index (χ0v) is 6.73. The quantitative estimate of drug-likeness (QED) is 0.404. The van der Waals surface area contributed by atoms with Gasteiger partial charge < -0.3 is 0 Å². The van der Waals surface area contributed by atoms with Crippen LogP contribution in [0.25, 0.3) is 0 Å².